The maximum absolute atomic E-state index is 5.81. The molecule has 0 bridgehead atoms. The summed E-state index contributed by atoms with van der Waals surface area (Å²) in [4.78, 5) is 15.8. The number of nitrogens with one attached hydrogen (secondary N) is 1. The van der Waals surface area contributed by atoms with Crippen molar-refractivity contribution in [1.82, 2.24) is 19.9 Å². The molecule has 0 saturated carbocycles. The summed E-state index contributed by atoms with van der Waals surface area (Å²) in [5.74, 6) is 0.876. The number of ether oxygens (including phenoxy) is 1. The minimum absolute atomic E-state index is 0.352. The highest BCUT2D eigenvalue weighted by Crippen LogP contribution is 2.23. The van der Waals surface area contributed by atoms with Crippen molar-refractivity contribution in [3.63, 3.8) is 0 Å². The number of nitrogens with zero attached hydrogens (tertiary/aromatic N) is 4. The van der Waals surface area contributed by atoms with E-state index in [4.69, 9.17) is 10.5 Å². The van der Waals surface area contributed by atoms with Crippen LogP contribution in [0.5, 0.6) is 5.88 Å². The first-order valence-electron chi connectivity index (χ1n) is 4.94. The molecule has 0 saturated heterocycles. The first kappa shape index (κ1) is 11.1. The number of hydrogen-bond donors (Lipinski definition) is 2. The maximum Gasteiger partial charge on any atom is 0.242 e. The molecule has 0 fully saturated rings. The average molecular weight is 232 g/mol. The molecular formula is C10H12N6O. The molecule has 0 aliphatic rings. The molecule has 0 amide bonds. The molecular weight excluding hydrogens is 220 g/mol. The second-order valence-corrected chi connectivity index (χ2v) is 3.20. The Labute approximate surface area is 98.1 Å². The molecule has 0 atom stereocenters. The number of anilines is 2. The molecule has 0 radical (unpaired) electrons. The summed E-state index contributed by atoms with van der Waals surface area (Å²) in [6, 6.07) is 1.81. The highest BCUT2D eigenvalue weighted by atomic mass is 16.5. The molecule has 2 rings (SSSR count). The normalized spacial score (nSPS) is 9.94. The Morgan fingerprint density at radius 3 is 2.88 bits per heavy atom. The van der Waals surface area contributed by atoms with Gasteiger partial charge in [-0.25, -0.2) is 15.0 Å². The Kier molecular flexibility index (Phi) is 3.29. The van der Waals surface area contributed by atoms with E-state index in [9.17, 15) is 0 Å². The second-order valence-electron chi connectivity index (χ2n) is 3.20. The van der Waals surface area contributed by atoms with E-state index in [0.717, 1.165) is 5.69 Å². The van der Waals surface area contributed by atoms with Crippen LogP contribution in [0, 0.1) is 0 Å². The fourth-order valence-electron chi connectivity index (χ4n) is 1.28. The third-order valence-corrected chi connectivity index (χ3v) is 2.12. The molecule has 0 aliphatic carbocycles. The molecule has 3 N–H and O–H groups in total. The lowest BCUT2D eigenvalue weighted by molar-refractivity contribution is 0.399. The van der Waals surface area contributed by atoms with Gasteiger partial charge in [-0.15, -0.1) is 0 Å². The lowest BCUT2D eigenvalue weighted by atomic mass is 10.4. The summed E-state index contributed by atoms with van der Waals surface area (Å²) in [7, 11) is 1.51. The van der Waals surface area contributed by atoms with Crippen molar-refractivity contribution < 1.29 is 4.74 Å². The Morgan fingerprint density at radius 2 is 2.18 bits per heavy atom. The number of nitrogen functional groups attached to an aromatic ring is 1. The van der Waals surface area contributed by atoms with Crippen molar-refractivity contribution >= 4 is 11.5 Å². The third-order valence-electron chi connectivity index (χ3n) is 2.12. The van der Waals surface area contributed by atoms with Gasteiger partial charge in [0, 0.05) is 6.20 Å². The molecule has 0 spiro atoms. The zero-order valence-corrected chi connectivity index (χ0v) is 9.29. The van der Waals surface area contributed by atoms with Crippen molar-refractivity contribution in [2.45, 2.75) is 6.54 Å². The molecule has 2 aromatic rings. The van der Waals surface area contributed by atoms with E-state index in [1.54, 1.807) is 6.20 Å². The Hall–Kier alpha value is -2.44. The second kappa shape index (κ2) is 5.06. The van der Waals surface area contributed by atoms with Crippen molar-refractivity contribution in [2.75, 3.05) is 18.2 Å². The summed E-state index contributed by atoms with van der Waals surface area (Å²) < 4.78 is 5.00. The van der Waals surface area contributed by atoms with Gasteiger partial charge in [-0.05, 0) is 6.07 Å². The Bertz CT molecular complexity index is 489. The SMILES string of the molecule is COc1ncnc(NCc2ccncn2)c1N. The molecule has 7 heteroatoms. The molecule has 0 unspecified atom stereocenters. The summed E-state index contributed by atoms with van der Waals surface area (Å²) in [6.45, 7) is 0.507. The van der Waals surface area contributed by atoms with Gasteiger partial charge in [0.15, 0.2) is 5.82 Å². The molecule has 0 aromatic carbocycles. The van der Waals surface area contributed by atoms with E-state index in [2.05, 4.69) is 25.3 Å². The highest BCUT2D eigenvalue weighted by Gasteiger charge is 2.07. The van der Waals surface area contributed by atoms with Crippen LogP contribution < -0.4 is 15.8 Å². The topological polar surface area (TPSA) is 98.8 Å². The number of methoxy groups -OCH3 is 1. The highest BCUT2D eigenvalue weighted by molar-refractivity contribution is 5.66. The van der Waals surface area contributed by atoms with Gasteiger partial charge in [-0.3, -0.25) is 0 Å². The van der Waals surface area contributed by atoms with Crippen LogP contribution in [0.4, 0.5) is 11.5 Å². The number of rotatable bonds is 4. The van der Waals surface area contributed by atoms with Crippen LogP contribution in [0.3, 0.4) is 0 Å². The summed E-state index contributed by atoms with van der Waals surface area (Å²) in [6.07, 6.45) is 4.55. The van der Waals surface area contributed by atoms with Crippen LogP contribution in [-0.2, 0) is 6.54 Å². The van der Waals surface area contributed by atoms with Crippen LogP contribution in [0.1, 0.15) is 5.69 Å². The van der Waals surface area contributed by atoms with Gasteiger partial charge in [-0.1, -0.05) is 0 Å². The summed E-state index contributed by atoms with van der Waals surface area (Å²) >= 11 is 0. The fourth-order valence-corrected chi connectivity index (χ4v) is 1.28. The van der Waals surface area contributed by atoms with Crippen LogP contribution in [-0.4, -0.2) is 27.0 Å². The number of hydrogen-bond acceptors (Lipinski definition) is 7. The first-order chi connectivity index (χ1) is 8.31. The third kappa shape index (κ3) is 2.57. The quantitative estimate of drug-likeness (QED) is 0.790. The van der Waals surface area contributed by atoms with Gasteiger partial charge in [0.2, 0.25) is 5.88 Å². The monoisotopic (exact) mass is 232 g/mol. The van der Waals surface area contributed by atoms with Crippen molar-refractivity contribution in [1.29, 1.82) is 0 Å². The molecule has 7 nitrogen and oxygen atoms in total. The average Bonchev–Trinajstić information content (AvgIpc) is 2.39. The summed E-state index contributed by atoms with van der Waals surface area (Å²) in [5.41, 5.74) is 7.04. The van der Waals surface area contributed by atoms with E-state index in [1.807, 2.05) is 6.07 Å². The van der Waals surface area contributed by atoms with E-state index < -0.39 is 0 Å². The Balaban J connectivity index is 2.09. The van der Waals surface area contributed by atoms with E-state index in [1.165, 1.54) is 19.8 Å². The van der Waals surface area contributed by atoms with Gasteiger partial charge in [-0.2, -0.15) is 4.98 Å². The van der Waals surface area contributed by atoms with Gasteiger partial charge in [0.25, 0.3) is 0 Å². The van der Waals surface area contributed by atoms with Crippen molar-refractivity contribution in [3.05, 3.63) is 30.6 Å². The lowest BCUT2D eigenvalue weighted by Crippen LogP contribution is -2.07. The molecule has 2 heterocycles. The molecule has 17 heavy (non-hydrogen) atoms. The van der Waals surface area contributed by atoms with E-state index >= 15 is 0 Å². The zero-order valence-electron chi connectivity index (χ0n) is 9.29. The molecule has 88 valence electrons. The minimum atomic E-state index is 0.352. The Morgan fingerprint density at radius 1 is 1.29 bits per heavy atom. The predicted molar refractivity (Wildman–Crippen MR) is 62.4 cm³/mol. The predicted octanol–water partition coefficient (Wildman–Crippen LogP) is 0.469. The van der Waals surface area contributed by atoms with Crippen molar-refractivity contribution in [3.8, 4) is 5.88 Å². The van der Waals surface area contributed by atoms with Gasteiger partial charge >= 0.3 is 0 Å². The first-order valence-corrected chi connectivity index (χ1v) is 4.94. The van der Waals surface area contributed by atoms with E-state index in [0.29, 0.717) is 23.9 Å². The molecule has 0 aliphatic heterocycles. The number of nitrogens with two attached hydrogens (primary N) is 1. The van der Waals surface area contributed by atoms with E-state index in [-0.39, 0.29) is 0 Å². The van der Waals surface area contributed by atoms with Crippen LogP contribution in [0.2, 0.25) is 0 Å². The van der Waals surface area contributed by atoms with Crippen LogP contribution >= 0.6 is 0 Å². The van der Waals surface area contributed by atoms with Gasteiger partial charge in [0.1, 0.15) is 18.3 Å². The smallest absolute Gasteiger partial charge is 0.242 e. The zero-order chi connectivity index (χ0) is 12.1. The summed E-state index contributed by atoms with van der Waals surface area (Å²) in [5, 5.41) is 3.06. The minimum Gasteiger partial charge on any atom is -0.479 e. The van der Waals surface area contributed by atoms with Crippen LogP contribution in [0.25, 0.3) is 0 Å². The van der Waals surface area contributed by atoms with Gasteiger partial charge < -0.3 is 15.8 Å². The maximum atomic E-state index is 5.81. The molecule has 2 aromatic heterocycles. The largest absolute Gasteiger partial charge is 0.479 e. The van der Waals surface area contributed by atoms with Gasteiger partial charge in [0.05, 0.1) is 19.3 Å². The van der Waals surface area contributed by atoms with Crippen molar-refractivity contribution in [2.24, 2.45) is 0 Å². The number of aromatic nitrogens is 4. The lowest BCUT2D eigenvalue weighted by Gasteiger charge is -2.09. The van der Waals surface area contributed by atoms with Crippen LogP contribution in [0.15, 0.2) is 24.9 Å². The fraction of sp³-hybridized carbons (Fsp3) is 0.200. The standard InChI is InChI=1S/C10H12N6O/c1-17-10-8(11)9(15-6-16-10)13-4-7-2-3-12-5-14-7/h2-3,5-6H,4,11H2,1H3,(H,13,15,16).